The summed E-state index contributed by atoms with van der Waals surface area (Å²) in [6.07, 6.45) is 6.40. The SMILES string of the molecule is C#CCn1c(C(C)N)nc2cc(CC)ccc21. The van der Waals surface area contributed by atoms with E-state index in [0.29, 0.717) is 6.54 Å². The van der Waals surface area contributed by atoms with Crippen LogP contribution in [0.25, 0.3) is 11.0 Å². The Labute approximate surface area is 102 Å². The summed E-state index contributed by atoms with van der Waals surface area (Å²) < 4.78 is 2.01. The molecule has 3 heteroatoms. The van der Waals surface area contributed by atoms with Gasteiger partial charge < -0.3 is 10.3 Å². The van der Waals surface area contributed by atoms with Gasteiger partial charge in [-0.15, -0.1) is 6.42 Å². The second kappa shape index (κ2) is 4.60. The Hall–Kier alpha value is -1.79. The van der Waals surface area contributed by atoms with E-state index in [1.807, 2.05) is 11.5 Å². The van der Waals surface area contributed by atoms with Crippen LogP contribution in [0, 0.1) is 12.3 Å². The Morgan fingerprint density at radius 2 is 2.29 bits per heavy atom. The maximum absolute atomic E-state index is 5.93. The van der Waals surface area contributed by atoms with Gasteiger partial charge in [-0.2, -0.15) is 0 Å². The van der Waals surface area contributed by atoms with Gasteiger partial charge in [-0.3, -0.25) is 0 Å². The maximum atomic E-state index is 5.93. The second-order valence-corrected chi connectivity index (χ2v) is 4.23. The van der Waals surface area contributed by atoms with Crippen LogP contribution in [0.4, 0.5) is 0 Å². The van der Waals surface area contributed by atoms with Gasteiger partial charge >= 0.3 is 0 Å². The van der Waals surface area contributed by atoms with Crippen molar-refractivity contribution >= 4 is 11.0 Å². The van der Waals surface area contributed by atoms with Crippen LogP contribution in [0.2, 0.25) is 0 Å². The maximum Gasteiger partial charge on any atom is 0.127 e. The van der Waals surface area contributed by atoms with E-state index in [-0.39, 0.29) is 6.04 Å². The number of nitrogens with two attached hydrogens (primary N) is 1. The van der Waals surface area contributed by atoms with E-state index in [9.17, 15) is 0 Å². The van der Waals surface area contributed by atoms with Crippen molar-refractivity contribution in [3.8, 4) is 12.3 Å². The van der Waals surface area contributed by atoms with Crippen LogP contribution in [0.1, 0.15) is 31.3 Å². The average Bonchev–Trinajstić information content (AvgIpc) is 2.68. The van der Waals surface area contributed by atoms with Gasteiger partial charge in [0.2, 0.25) is 0 Å². The van der Waals surface area contributed by atoms with E-state index in [0.717, 1.165) is 23.3 Å². The predicted octanol–water partition coefficient (Wildman–Crippen LogP) is 2.25. The molecule has 17 heavy (non-hydrogen) atoms. The molecule has 0 bridgehead atoms. The molecule has 1 aromatic heterocycles. The first-order valence-electron chi connectivity index (χ1n) is 5.85. The molecule has 0 aliphatic carbocycles. The van der Waals surface area contributed by atoms with Crippen LogP contribution in [-0.2, 0) is 13.0 Å². The zero-order chi connectivity index (χ0) is 12.4. The molecule has 0 saturated heterocycles. The van der Waals surface area contributed by atoms with Crippen LogP contribution in [0.15, 0.2) is 18.2 Å². The minimum atomic E-state index is -0.110. The molecular weight excluding hydrogens is 210 g/mol. The molecule has 0 amide bonds. The van der Waals surface area contributed by atoms with Gasteiger partial charge in [-0.25, -0.2) is 4.98 Å². The Kier molecular flexibility index (Phi) is 3.16. The highest BCUT2D eigenvalue weighted by molar-refractivity contribution is 5.77. The van der Waals surface area contributed by atoms with E-state index < -0.39 is 0 Å². The molecule has 3 nitrogen and oxygen atoms in total. The number of fused-ring (bicyclic) bond motifs is 1. The summed E-state index contributed by atoms with van der Waals surface area (Å²) in [5.41, 5.74) is 9.25. The lowest BCUT2D eigenvalue weighted by Gasteiger charge is -2.07. The minimum absolute atomic E-state index is 0.110. The van der Waals surface area contributed by atoms with Crippen molar-refractivity contribution in [1.82, 2.24) is 9.55 Å². The summed E-state index contributed by atoms with van der Waals surface area (Å²) >= 11 is 0. The van der Waals surface area contributed by atoms with Crippen molar-refractivity contribution in [2.75, 3.05) is 0 Å². The zero-order valence-corrected chi connectivity index (χ0v) is 10.3. The van der Waals surface area contributed by atoms with Gasteiger partial charge in [0.25, 0.3) is 0 Å². The molecule has 0 radical (unpaired) electrons. The molecule has 0 aliphatic heterocycles. The fourth-order valence-corrected chi connectivity index (χ4v) is 2.02. The quantitative estimate of drug-likeness (QED) is 0.817. The van der Waals surface area contributed by atoms with Crippen LogP contribution >= 0.6 is 0 Å². The average molecular weight is 227 g/mol. The third-order valence-electron chi connectivity index (χ3n) is 2.91. The summed E-state index contributed by atoms with van der Waals surface area (Å²) in [4.78, 5) is 4.58. The lowest BCUT2D eigenvalue weighted by Crippen LogP contribution is -2.13. The van der Waals surface area contributed by atoms with Gasteiger partial charge in [-0.05, 0) is 31.0 Å². The molecule has 2 N–H and O–H groups in total. The van der Waals surface area contributed by atoms with Crippen LogP contribution in [0.5, 0.6) is 0 Å². The lowest BCUT2D eigenvalue weighted by molar-refractivity contribution is 0.677. The molecule has 0 aliphatic rings. The van der Waals surface area contributed by atoms with Crippen molar-refractivity contribution in [1.29, 1.82) is 0 Å². The zero-order valence-electron chi connectivity index (χ0n) is 10.3. The first-order valence-corrected chi connectivity index (χ1v) is 5.85. The second-order valence-electron chi connectivity index (χ2n) is 4.23. The standard InChI is InChI=1S/C14H17N3/c1-4-8-17-13-7-6-11(5-2)9-12(13)16-14(17)10(3)15/h1,6-7,9-10H,5,8,15H2,2-3H3. The van der Waals surface area contributed by atoms with Crippen molar-refractivity contribution < 1.29 is 0 Å². The number of hydrogen-bond donors (Lipinski definition) is 1. The predicted molar refractivity (Wildman–Crippen MR) is 70.5 cm³/mol. The lowest BCUT2D eigenvalue weighted by atomic mass is 10.1. The van der Waals surface area contributed by atoms with Crippen molar-refractivity contribution in [3.05, 3.63) is 29.6 Å². The molecule has 88 valence electrons. The number of imidazole rings is 1. The van der Waals surface area contributed by atoms with Gasteiger partial charge in [0.15, 0.2) is 0 Å². The Balaban J connectivity index is 2.66. The number of benzene rings is 1. The Morgan fingerprint density at radius 1 is 1.53 bits per heavy atom. The third-order valence-corrected chi connectivity index (χ3v) is 2.91. The summed E-state index contributed by atoms with van der Waals surface area (Å²) in [7, 11) is 0. The summed E-state index contributed by atoms with van der Waals surface area (Å²) in [6, 6.07) is 6.18. The Bertz CT molecular complexity index is 573. The molecule has 2 aromatic rings. The number of aryl methyl sites for hydroxylation is 1. The van der Waals surface area contributed by atoms with Crippen molar-refractivity contribution in [2.24, 2.45) is 5.73 Å². The third kappa shape index (κ3) is 2.04. The molecule has 1 aromatic carbocycles. The highest BCUT2D eigenvalue weighted by Crippen LogP contribution is 2.21. The van der Waals surface area contributed by atoms with Gasteiger partial charge in [-0.1, -0.05) is 18.9 Å². The molecule has 0 fully saturated rings. The van der Waals surface area contributed by atoms with Gasteiger partial charge in [0.1, 0.15) is 5.82 Å². The van der Waals surface area contributed by atoms with E-state index in [1.165, 1.54) is 5.56 Å². The van der Waals surface area contributed by atoms with E-state index >= 15 is 0 Å². The Morgan fingerprint density at radius 3 is 2.88 bits per heavy atom. The topological polar surface area (TPSA) is 43.8 Å². The van der Waals surface area contributed by atoms with E-state index in [1.54, 1.807) is 0 Å². The fraction of sp³-hybridized carbons (Fsp3) is 0.357. The smallest absolute Gasteiger partial charge is 0.127 e. The fourth-order valence-electron chi connectivity index (χ4n) is 2.02. The number of rotatable bonds is 3. The highest BCUT2D eigenvalue weighted by Gasteiger charge is 2.13. The number of terminal acetylenes is 1. The van der Waals surface area contributed by atoms with Crippen LogP contribution in [0.3, 0.4) is 0 Å². The molecule has 1 unspecified atom stereocenters. The number of hydrogen-bond acceptors (Lipinski definition) is 2. The largest absolute Gasteiger partial charge is 0.322 e. The highest BCUT2D eigenvalue weighted by atomic mass is 15.1. The van der Waals surface area contributed by atoms with Crippen molar-refractivity contribution in [3.63, 3.8) is 0 Å². The number of aromatic nitrogens is 2. The molecule has 1 atom stereocenters. The molecule has 1 heterocycles. The summed E-state index contributed by atoms with van der Waals surface area (Å²) in [5, 5.41) is 0. The minimum Gasteiger partial charge on any atom is -0.322 e. The van der Waals surface area contributed by atoms with E-state index in [2.05, 4.69) is 36.0 Å². The van der Waals surface area contributed by atoms with Crippen LogP contribution in [-0.4, -0.2) is 9.55 Å². The van der Waals surface area contributed by atoms with Gasteiger partial charge in [0, 0.05) is 0 Å². The molecule has 0 spiro atoms. The monoisotopic (exact) mass is 227 g/mol. The van der Waals surface area contributed by atoms with Crippen molar-refractivity contribution in [2.45, 2.75) is 32.9 Å². The molecule has 0 saturated carbocycles. The van der Waals surface area contributed by atoms with E-state index in [4.69, 9.17) is 12.2 Å². The first-order chi connectivity index (χ1) is 8.17. The first kappa shape index (κ1) is 11.7. The summed E-state index contributed by atoms with van der Waals surface area (Å²) in [5.74, 6) is 3.51. The van der Waals surface area contributed by atoms with Gasteiger partial charge in [0.05, 0.1) is 23.6 Å². The van der Waals surface area contributed by atoms with Crippen LogP contribution < -0.4 is 5.73 Å². The summed E-state index contributed by atoms with van der Waals surface area (Å²) in [6.45, 7) is 4.57. The number of nitrogens with zero attached hydrogens (tertiary/aromatic N) is 2. The molecule has 2 rings (SSSR count). The molecular formula is C14H17N3. The normalized spacial score (nSPS) is 12.6.